The van der Waals surface area contributed by atoms with Crippen LogP contribution < -0.4 is 5.32 Å². The third-order valence-electron chi connectivity index (χ3n) is 4.29. The third-order valence-corrected chi connectivity index (χ3v) is 5.22. The van der Waals surface area contributed by atoms with Crippen LogP contribution in [0.15, 0.2) is 53.0 Å². The molecule has 2 aromatic heterocycles. The molecule has 1 aliphatic rings. The Morgan fingerprint density at radius 3 is 2.64 bits per heavy atom. The molecule has 0 bridgehead atoms. The van der Waals surface area contributed by atoms with Gasteiger partial charge in [-0.3, -0.25) is 4.57 Å². The van der Waals surface area contributed by atoms with E-state index in [2.05, 4.69) is 10.3 Å². The zero-order valence-corrected chi connectivity index (χ0v) is 15.8. The summed E-state index contributed by atoms with van der Waals surface area (Å²) < 4.78 is 48.5. The molecule has 0 radical (unpaired) electrons. The lowest BCUT2D eigenvalue weighted by atomic mass is 10.00. The number of thiophene rings is 1. The van der Waals surface area contributed by atoms with Crippen molar-refractivity contribution in [3.63, 3.8) is 0 Å². The third kappa shape index (κ3) is 3.05. The summed E-state index contributed by atoms with van der Waals surface area (Å²) in [7, 11) is 0. The highest BCUT2D eigenvalue weighted by Crippen LogP contribution is 2.44. The lowest BCUT2D eigenvalue weighted by molar-refractivity contribution is -0.144. The molecule has 0 saturated carbocycles. The normalized spacial score (nSPS) is 17.0. The monoisotopic (exact) mass is 407 g/mol. The minimum absolute atomic E-state index is 0.0352. The van der Waals surface area contributed by atoms with E-state index in [1.54, 1.807) is 60.2 Å². The van der Waals surface area contributed by atoms with Crippen molar-refractivity contribution in [3.05, 3.63) is 57.9 Å². The predicted octanol–water partition coefficient (Wildman–Crippen LogP) is 4.88. The van der Waals surface area contributed by atoms with Gasteiger partial charge in [-0.1, -0.05) is 18.2 Å². The molecule has 3 aromatic rings. The molecule has 146 valence electrons. The van der Waals surface area contributed by atoms with Gasteiger partial charge in [0.2, 0.25) is 5.95 Å². The highest BCUT2D eigenvalue weighted by molar-refractivity contribution is 7.10. The minimum Gasteiger partial charge on any atom is -0.459 e. The fraction of sp³-hybridized carbons (Fsp3) is 0.263. The number of allylic oxidation sites excluding steroid dienone is 1. The number of ether oxygens (including phenoxy) is 1. The molecule has 1 atom stereocenters. The largest absolute Gasteiger partial charge is 0.459 e. The SMILES string of the molecule is CC(C)OC(=O)C1=C(C(F)(F)F)Nc2nc3ccccc3n2C1c1cccs1. The summed E-state index contributed by atoms with van der Waals surface area (Å²) in [6, 6.07) is 9.46. The van der Waals surface area contributed by atoms with Crippen LogP contribution in [0, 0.1) is 0 Å². The number of benzene rings is 1. The first-order chi connectivity index (χ1) is 13.3. The smallest absolute Gasteiger partial charge is 0.431 e. The zero-order valence-electron chi connectivity index (χ0n) is 14.9. The first-order valence-electron chi connectivity index (χ1n) is 8.57. The fourth-order valence-electron chi connectivity index (χ4n) is 3.27. The molecule has 1 aromatic carbocycles. The second-order valence-corrected chi connectivity index (χ2v) is 7.56. The van der Waals surface area contributed by atoms with Crippen molar-refractivity contribution < 1.29 is 22.7 Å². The van der Waals surface area contributed by atoms with E-state index in [-0.39, 0.29) is 5.95 Å². The number of imidazole rings is 1. The number of nitrogens with one attached hydrogen (secondary N) is 1. The van der Waals surface area contributed by atoms with E-state index in [4.69, 9.17) is 4.74 Å². The summed E-state index contributed by atoms with van der Waals surface area (Å²) >= 11 is 1.27. The van der Waals surface area contributed by atoms with E-state index in [9.17, 15) is 18.0 Å². The standard InChI is InChI=1S/C19H16F3N3O2S/c1-10(2)27-17(26)14-15(13-8-5-9-28-13)25-12-7-4-3-6-11(12)23-18(25)24-16(14)19(20,21)22/h3-10,15H,1-2H3,(H,23,24). The Morgan fingerprint density at radius 1 is 1.25 bits per heavy atom. The number of rotatable bonds is 3. The molecule has 0 amide bonds. The van der Waals surface area contributed by atoms with E-state index in [1.165, 1.54) is 11.3 Å². The number of alkyl halides is 3. The highest BCUT2D eigenvalue weighted by Gasteiger charge is 2.47. The van der Waals surface area contributed by atoms with Crippen LogP contribution in [0.3, 0.4) is 0 Å². The fourth-order valence-corrected chi connectivity index (χ4v) is 4.09. The Balaban J connectivity index is 2.02. The number of para-hydroxylation sites is 2. The van der Waals surface area contributed by atoms with Crippen LogP contribution >= 0.6 is 11.3 Å². The van der Waals surface area contributed by atoms with E-state index in [0.717, 1.165) is 0 Å². The van der Waals surface area contributed by atoms with Gasteiger partial charge < -0.3 is 10.1 Å². The number of aromatic nitrogens is 2. The van der Waals surface area contributed by atoms with Gasteiger partial charge in [0.1, 0.15) is 11.7 Å². The summed E-state index contributed by atoms with van der Waals surface area (Å²) in [5.74, 6) is -0.968. The van der Waals surface area contributed by atoms with E-state index in [1.807, 2.05) is 0 Å². The molecule has 0 aliphatic carbocycles. The second kappa shape index (κ2) is 6.66. The van der Waals surface area contributed by atoms with Crippen molar-refractivity contribution in [1.29, 1.82) is 0 Å². The van der Waals surface area contributed by atoms with Crippen molar-refractivity contribution in [1.82, 2.24) is 9.55 Å². The number of nitrogens with zero attached hydrogens (tertiary/aromatic N) is 2. The number of halogens is 3. The molecule has 1 N–H and O–H groups in total. The Kier molecular flexibility index (Phi) is 4.41. The van der Waals surface area contributed by atoms with Gasteiger partial charge in [-0.15, -0.1) is 11.3 Å². The molecular formula is C19H16F3N3O2S. The summed E-state index contributed by atoms with van der Waals surface area (Å²) in [5.41, 5.74) is -0.454. The number of esters is 1. The maximum absolute atomic E-state index is 13.9. The summed E-state index contributed by atoms with van der Waals surface area (Å²) in [6.45, 7) is 3.19. The molecule has 1 aliphatic heterocycles. The summed E-state index contributed by atoms with van der Waals surface area (Å²) in [5, 5.41) is 4.09. The number of carbonyl (C=O) groups is 1. The van der Waals surface area contributed by atoms with Crippen LogP contribution in [0.4, 0.5) is 19.1 Å². The van der Waals surface area contributed by atoms with Crippen LogP contribution in [0.1, 0.15) is 24.8 Å². The lowest BCUT2D eigenvalue weighted by Crippen LogP contribution is -2.35. The Morgan fingerprint density at radius 2 is 2.00 bits per heavy atom. The Labute approximate surface area is 162 Å². The van der Waals surface area contributed by atoms with Crippen molar-refractivity contribution in [2.75, 3.05) is 5.32 Å². The molecule has 3 heterocycles. The van der Waals surface area contributed by atoms with Crippen LogP contribution in [0.25, 0.3) is 11.0 Å². The first-order valence-corrected chi connectivity index (χ1v) is 9.45. The molecule has 9 heteroatoms. The van der Waals surface area contributed by atoms with Crippen LogP contribution in [-0.2, 0) is 9.53 Å². The van der Waals surface area contributed by atoms with E-state index < -0.39 is 35.6 Å². The molecule has 4 rings (SSSR count). The van der Waals surface area contributed by atoms with Gasteiger partial charge in [0, 0.05) is 4.88 Å². The predicted molar refractivity (Wildman–Crippen MR) is 100 cm³/mol. The van der Waals surface area contributed by atoms with E-state index >= 15 is 0 Å². The first kappa shape index (κ1) is 18.5. The van der Waals surface area contributed by atoms with Crippen LogP contribution in [-0.4, -0.2) is 27.8 Å². The number of fused-ring (bicyclic) bond motifs is 3. The zero-order chi connectivity index (χ0) is 20.1. The second-order valence-electron chi connectivity index (χ2n) is 6.58. The van der Waals surface area contributed by atoms with Gasteiger partial charge in [-0.05, 0) is 37.4 Å². The summed E-state index contributed by atoms with van der Waals surface area (Å²) in [6.07, 6.45) is -5.33. The van der Waals surface area contributed by atoms with Crippen LogP contribution in [0.2, 0.25) is 0 Å². The molecule has 28 heavy (non-hydrogen) atoms. The maximum atomic E-state index is 13.9. The topological polar surface area (TPSA) is 56.1 Å². The van der Waals surface area contributed by atoms with Gasteiger partial charge in [0.25, 0.3) is 0 Å². The van der Waals surface area contributed by atoms with Crippen molar-refractivity contribution in [3.8, 4) is 0 Å². The van der Waals surface area contributed by atoms with Gasteiger partial charge in [-0.2, -0.15) is 13.2 Å². The molecular weight excluding hydrogens is 391 g/mol. The van der Waals surface area contributed by atoms with Gasteiger partial charge in [-0.25, -0.2) is 9.78 Å². The number of carbonyl (C=O) groups excluding carboxylic acids is 1. The van der Waals surface area contributed by atoms with Crippen molar-refractivity contribution >= 4 is 34.3 Å². The van der Waals surface area contributed by atoms with Crippen LogP contribution in [0.5, 0.6) is 0 Å². The minimum atomic E-state index is -4.77. The van der Waals surface area contributed by atoms with Gasteiger partial charge >= 0.3 is 12.1 Å². The molecule has 1 unspecified atom stereocenters. The number of hydrogen-bond donors (Lipinski definition) is 1. The number of hydrogen-bond acceptors (Lipinski definition) is 5. The Hall–Kier alpha value is -2.81. The van der Waals surface area contributed by atoms with Crippen molar-refractivity contribution in [2.24, 2.45) is 0 Å². The molecule has 5 nitrogen and oxygen atoms in total. The summed E-state index contributed by atoms with van der Waals surface area (Å²) in [4.78, 5) is 17.7. The average molecular weight is 407 g/mol. The highest BCUT2D eigenvalue weighted by atomic mass is 32.1. The molecule has 0 saturated heterocycles. The lowest BCUT2D eigenvalue weighted by Gasteiger charge is -2.31. The van der Waals surface area contributed by atoms with E-state index in [0.29, 0.717) is 15.9 Å². The maximum Gasteiger partial charge on any atom is 0.431 e. The molecule has 0 spiro atoms. The van der Waals surface area contributed by atoms with Gasteiger partial charge in [0.05, 0.1) is 22.7 Å². The quantitative estimate of drug-likeness (QED) is 0.629. The van der Waals surface area contributed by atoms with Crippen molar-refractivity contribution in [2.45, 2.75) is 32.2 Å². The molecule has 0 fully saturated rings. The average Bonchev–Trinajstić information content (AvgIpc) is 3.26. The Bertz CT molecular complexity index is 1070. The number of anilines is 1. The van der Waals surface area contributed by atoms with Gasteiger partial charge in [0.15, 0.2) is 0 Å².